The highest BCUT2D eigenvalue weighted by atomic mass is 19.4. The summed E-state index contributed by atoms with van der Waals surface area (Å²) in [6.45, 7) is 0.505. The van der Waals surface area contributed by atoms with E-state index in [1.54, 1.807) is 23.0 Å². The third-order valence-electron chi connectivity index (χ3n) is 5.59. The van der Waals surface area contributed by atoms with E-state index >= 15 is 0 Å². The van der Waals surface area contributed by atoms with Crippen molar-refractivity contribution >= 4 is 11.6 Å². The first-order chi connectivity index (χ1) is 15.3. The predicted octanol–water partition coefficient (Wildman–Crippen LogP) is 3.23. The number of alkyl halides is 3. The van der Waals surface area contributed by atoms with Gasteiger partial charge in [-0.15, -0.1) is 0 Å². The van der Waals surface area contributed by atoms with Crippen molar-refractivity contribution in [3.05, 3.63) is 59.2 Å². The zero-order valence-electron chi connectivity index (χ0n) is 17.6. The molecule has 0 aromatic heterocycles. The van der Waals surface area contributed by atoms with Crippen LogP contribution in [0.1, 0.15) is 23.1 Å². The first kappa shape index (κ1) is 23.4. The fourth-order valence-corrected chi connectivity index (χ4v) is 3.82. The molecule has 1 atom stereocenters. The molecule has 1 heterocycles. The molecule has 0 bridgehead atoms. The zero-order chi connectivity index (χ0) is 23.3. The van der Waals surface area contributed by atoms with Gasteiger partial charge in [-0.05, 0) is 42.3 Å². The van der Waals surface area contributed by atoms with E-state index in [2.05, 4.69) is 0 Å². The van der Waals surface area contributed by atoms with Crippen LogP contribution in [0.4, 0.5) is 18.9 Å². The molecule has 0 saturated carbocycles. The Balaban J connectivity index is 1.67. The average Bonchev–Trinajstić information content (AvgIpc) is 2.81. The van der Waals surface area contributed by atoms with E-state index in [0.717, 1.165) is 23.4 Å². The molecule has 1 aliphatic rings. The quantitative estimate of drug-likeness (QED) is 0.736. The summed E-state index contributed by atoms with van der Waals surface area (Å²) in [7, 11) is 1.58. The number of hydrogen-bond acceptors (Lipinski definition) is 5. The van der Waals surface area contributed by atoms with Crippen molar-refractivity contribution in [1.82, 2.24) is 4.90 Å². The molecule has 9 heteroatoms. The Morgan fingerprint density at radius 2 is 1.94 bits per heavy atom. The van der Waals surface area contributed by atoms with Crippen LogP contribution < -0.4 is 9.64 Å². The molecule has 2 aromatic carbocycles. The summed E-state index contributed by atoms with van der Waals surface area (Å²) >= 11 is 0. The Morgan fingerprint density at radius 3 is 2.53 bits per heavy atom. The maximum absolute atomic E-state index is 13.3. The normalized spacial score (nSPS) is 16.6. The van der Waals surface area contributed by atoms with Crippen LogP contribution in [0.25, 0.3) is 0 Å². The number of nitrogens with zero attached hydrogens (tertiary/aromatic N) is 3. The van der Waals surface area contributed by atoms with Gasteiger partial charge < -0.3 is 19.6 Å². The van der Waals surface area contributed by atoms with Gasteiger partial charge in [0.25, 0.3) is 0 Å². The van der Waals surface area contributed by atoms with E-state index in [4.69, 9.17) is 10.00 Å². The third kappa shape index (κ3) is 5.32. The maximum Gasteiger partial charge on any atom is 0.417 e. The standard InChI is InChI=1S/C23H24F3N3O3/c1-32-20-7-2-16(3-8-20)4-9-22(31)28-10-11-29(19(14-28)15-30)18-6-5-17(13-27)21(12-18)23(24,25)26/h2-3,5-8,12,19,30H,4,9-11,14-15H2,1H3. The van der Waals surface area contributed by atoms with Crippen LogP contribution in [0.15, 0.2) is 42.5 Å². The lowest BCUT2D eigenvalue weighted by molar-refractivity contribution is -0.137. The third-order valence-corrected chi connectivity index (χ3v) is 5.59. The maximum atomic E-state index is 13.3. The summed E-state index contributed by atoms with van der Waals surface area (Å²) in [6, 6.07) is 12.0. The summed E-state index contributed by atoms with van der Waals surface area (Å²) in [5, 5.41) is 18.8. The summed E-state index contributed by atoms with van der Waals surface area (Å²) in [6.07, 6.45) is -3.81. The topological polar surface area (TPSA) is 76.8 Å². The number of nitriles is 1. The molecule has 1 N–H and O–H groups in total. The Labute approximate surface area is 184 Å². The van der Waals surface area contributed by atoms with Gasteiger partial charge in [0.2, 0.25) is 5.91 Å². The van der Waals surface area contributed by atoms with Crippen molar-refractivity contribution in [3.8, 4) is 11.8 Å². The fraction of sp³-hybridized carbons (Fsp3) is 0.391. The van der Waals surface area contributed by atoms with Gasteiger partial charge in [-0.1, -0.05) is 12.1 Å². The summed E-state index contributed by atoms with van der Waals surface area (Å²) < 4.78 is 45.1. The number of piperazine rings is 1. The molecule has 1 saturated heterocycles. The van der Waals surface area contributed by atoms with Crippen molar-refractivity contribution in [3.63, 3.8) is 0 Å². The number of aliphatic hydroxyl groups is 1. The molecule has 1 aliphatic heterocycles. The van der Waals surface area contributed by atoms with Crippen molar-refractivity contribution in [2.24, 2.45) is 0 Å². The average molecular weight is 447 g/mol. The van der Waals surface area contributed by atoms with E-state index < -0.39 is 23.3 Å². The highest BCUT2D eigenvalue weighted by molar-refractivity contribution is 5.77. The second kappa shape index (κ2) is 9.92. The molecular weight excluding hydrogens is 423 g/mol. The van der Waals surface area contributed by atoms with Gasteiger partial charge in [-0.2, -0.15) is 18.4 Å². The van der Waals surface area contributed by atoms with Crippen molar-refractivity contribution < 1.29 is 27.8 Å². The number of amides is 1. The minimum Gasteiger partial charge on any atom is -0.497 e. The molecule has 2 aromatic rings. The van der Waals surface area contributed by atoms with Crippen LogP contribution in [0.2, 0.25) is 0 Å². The number of carbonyl (C=O) groups excluding carboxylic acids is 1. The second-order valence-electron chi connectivity index (χ2n) is 7.56. The van der Waals surface area contributed by atoms with Crippen LogP contribution in [-0.2, 0) is 17.4 Å². The molecule has 0 radical (unpaired) electrons. The molecule has 1 unspecified atom stereocenters. The molecule has 1 amide bonds. The van der Waals surface area contributed by atoms with Gasteiger partial charge in [0.1, 0.15) is 5.75 Å². The second-order valence-corrected chi connectivity index (χ2v) is 7.56. The molecule has 3 rings (SSSR count). The molecule has 1 fully saturated rings. The SMILES string of the molecule is COc1ccc(CCC(=O)N2CCN(c3ccc(C#N)c(C(F)(F)F)c3)C(CO)C2)cc1. The zero-order valence-corrected chi connectivity index (χ0v) is 17.6. The number of carbonyl (C=O) groups is 1. The monoisotopic (exact) mass is 447 g/mol. The van der Waals surface area contributed by atoms with Crippen molar-refractivity contribution in [2.45, 2.75) is 25.1 Å². The van der Waals surface area contributed by atoms with Crippen LogP contribution >= 0.6 is 0 Å². The first-order valence-corrected chi connectivity index (χ1v) is 10.2. The van der Waals surface area contributed by atoms with Gasteiger partial charge in [0.05, 0.1) is 37.0 Å². The lowest BCUT2D eigenvalue weighted by Crippen LogP contribution is -2.56. The Bertz CT molecular complexity index is 987. The highest BCUT2D eigenvalue weighted by Gasteiger charge is 2.35. The summed E-state index contributed by atoms with van der Waals surface area (Å²) in [5.41, 5.74) is -0.198. The van der Waals surface area contributed by atoms with Crippen LogP contribution in [0.3, 0.4) is 0 Å². The lowest BCUT2D eigenvalue weighted by atomic mass is 10.0. The van der Waals surface area contributed by atoms with E-state index in [1.165, 1.54) is 6.07 Å². The van der Waals surface area contributed by atoms with E-state index in [9.17, 15) is 23.1 Å². The smallest absolute Gasteiger partial charge is 0.417 e. The summed E-state index contributed by atoms with van der Waals surface area (Å²) in [5.74, 6) is 0.660. The van der Waals surface area contributed by atoms with Gasteiger partial charge in [0.15, 0.2) is 0 Å². The largest absolute Gasteiger partial charge is 0.497 e. The molecular formula is C23H24F3N3O3. The van der Waals surface area contributed by atoms with Gasteiger partial charge >= 0.3 is 6.18 Å². The minimum atomic E-state index is -4.66. The van der Waals surface area contributed by atoms with Gasteiger partial charge in [0, 0.05) is 31.7 Å². The molecule has 32 heavy (non-hydrogen) atoms. The van der Waals surface area contributed by atoms with Crippen molar-refractivity contribution in [1.29, 1.82) is 5.26 Å². The number of benzene rings is 2. The predicted molar refractivity (Wildman–Crippen MR) is 112 cm³/mol. The number of methoxy groups -OCH3 is 1. The van der Waals surface area contributed by atoms with Gasteiger partial charge in [-0.3, -0.25) is 4.79 Å². The van der Waals surface area contributed by atoms with E-state index in [-0.39, 0.29) is 31.3 Å². The van der Waals surface area contributed by atoms with Crippen molar-refractivity contribution in [2.75, 3.05) is 38.3 Å². The number of aliphatic hydroxyl groups excluding tert-OH is 1. The number of hydrogen-bond donors (Lipinski definition) is 1. The first-order valence-electron chi connectivity index (χ1n) is 10.2. The Hall–Kier alpha value is -3.25. The Kier molecular flexibility index (Phi) is 7.26. The van der Waals surface area contributed by atoms with E-state index in [1.807, 2.05) is 24.3 Å². The van der Waals surface area contributed by atoms with Crippen LogP contribution in [0.5, 0.6) is 5.75 Å². The minimum absolute atomic E-state index is 0.0743. The lowest BCUT2D eigenvalue weighted by Gasteiger charge is -2.42. The molecule has 0 spiro atoms. The van der Waals surface area contributed by atoms with E-state index in [0.29, 0.717) is 19.4 Å². The summed E-state index contributed by atoms with van der Waals surface area (Å²) in [4.78, 5) is 16.0. The molecule has 6 nitrogen and oxygen atoms in total. The Morgan fingerprint density at radius 1 is 1.22 bits per heavy atom. The highest BCUT2D eigenvalue weighted by Crippen LogP contribution is 2.35. The molecule has 170 valence electrons. The number of aryl methyl sites for hydroxylation is 1. The van der Waals surface area contributed by atoms with Gasteiger partial charge in [-0.25, -0.2) is 0 Å². The van der Waals surface area contributed by atoms with Crippen LogP contribution in [-0.4, -0.2) is 55.3 Å². The van der Waals surface area contributed by atoms with Crippen LogP contribution in [0, 0.1) is 11.3 Å². The number of halogens is 3. The number of ether oxygens (including phenoxy) is 1. The number of anilines is 1. The number of rotatable bonds is 6. The molecule has 0 aliphatic carbocycles. The fourth-order valence-electron chi connectivity index (χ4n) is 3.82.